The van der Waals surface area contributed by atoms with Gasteiger partial charge in [0.15, 0.2) is 0 Å². The van der Waals surface area contributed by atoms with Crippen molar-refractivity contribution in [3.05, 3.63) is 35.4 Å². The normalized spacial score (nSPS) is 17.0. The molecular weight excluding hydrogens is 264 g/mol. The van der Waals surface area contributed by atoms with Crippen LogP contribution in [0.3, 0.4) is 0 Å². The number of aryl methyl sites for hydroxylation is 1. The van der Waals surface area contributed by atoms with Crippen molar-refractivity contribution in [3.8, 4) is 0 Å². The Balaban J connectivity index is 1.84. The third-order valence-corrected chi connectivity index (χ3v) is 4.01. The first-order valence-corrected chi connectivity index (χ1v) is 7.74. The molecule has 4 heteroatoms. The number of carbonyl (C=O) groups is 2. The summed E-state index contributed by atoms with van der Waals surface area (Å²) in [6.45, 7) is 3.70. The average molecular weight is 288 g/mol. The molecule has 114 valence electrons. The van der Waals surface area contributed by atoms with Crippen LogP contribution in [-0.4, -0.2) is 23.9 Å². The van der Waals surface area contributed by atoms with E-state index in [4.69, 9.17) is 0 Å². The van der Waals surface area contributed by atoms with Crippen LogP contribution >= 0.6 is 0 Å². The van der Waals surface area contributed by atoms with E-state index in [-0.39, 0.29) is 17.9 Å². The summed E-state index contributed by atoms with van der Waals surface area (Å²) in [5.74, 6) is -0.302. The first-order valence-electron chi connectivity index (χ1n) is 7.74. The molecule has 1 aliphatic carbocycles. The summed E-state index contributed by atoms with van der Waals surface area (Å²) in [5, 5.41) is 5.78. The minimum Gasteiger partial charge on any atom is -0.352 e. The van der Waals surface area contributed by atoms with Gasteiger partial charge in [0.1, 0.15) is 6.04 Å². The summed E-state index contributed by atoms with van der Waals surface area (Å²) >= 11 is 0. The average Bonchev–Trinajstić information content (AvgIpc) is 2.48. The lowest BCUT2D eigenvalue weighted by Crippen LogP contribution is -2.48. The molecule has 0 aromatic heterocycles. The molecule has 0 saturated heterocycles. The molecule has 1 aromatic rings. The van der Waals surface area contributed by atoms with E-state index in [9.17, 15) is 9.59 Å². The Morgan fingerprint density at radius 2 is 1.71 bits per heavy atom. The molecular formula is C17H24N2O2. The molecule has 21 heavy (non-hydrogen) atoms. The summed E-state index contributed by atoms with van der Waals surface area (Å²) in [7, 11) is 0. The maximum Gasteiger partial charge on any atom is 0.251 e. The van der Waals surface area contributed by atoms with Crippen LogP contribution in [0.25, 0.3) is 0 Å². The fourth-order valence-electron chi connectivity index (χ4n) is 2.62. The van der Waals surface area contributed by atoms with E-state index >= 15 is 0 Å². The zero-order chi connectivity index (χ0) is 15.2. The number of carbonyl (C=O) groups excluding carboxylic acids is 2. The summed E-state index contributed by atoms with van der Waals surface area (Å²) in [5.41, 5.74) is 1.69. The van der Waals surface area contributed by atoms with Crippen molar-refractivity contribution in [3.63, 3.8) is 0 Å². The van der Waals surface area contributed by atoms with Gasteiger partial charge in [-0.3, -0.25) is 9.59 Å². The number of amides is 2. The van der Waals surface area contributed by atoms with Crippen molar-refractivity contribution >= 4 is 11.8 Å². The zero-order valence-corrected chi connectivity index (χ0v) is 12.8. The Morgan fingerprint density at radius 3 is 2.33 bits per heavy atom. The van der Waals surface area contributed by atoms with Gasteiger partial charge in [0.25, 0.3) is 5.91 Å². The maximum absolute atomic E-state index is 12.1. The predicted molar refractivity (Wildman–Crippen MR) is 83.1 cm³/mol. The predicted octanol–water partition coefficient (Wildman–Crippen LogP) is 2.56. The molecule has 0 unspecified atom stereocenters. The summed E-state index contributed by atoms with van der Waals surface area (Å²) in [6, 6.07) is 7.08. The lowest BCUT2D eigenvalue weighted by Gasteiger charge is -2.24. The van der Waals surface area contributed by atoms with Gasteiger partial charge in [0, 0.05) is 11.6 Å². The summed E-state index contributed by atoms with van der Waals surface area (Å²) in [4.78, 5) is 24.2. The van der Waals surface area contributed by atoms with Crippen LogP contribution in [0, 0.1) is 6.92 Å². The number of rotatable bonds is 4. The number of hydrogen-bond donors (Lipinski definition) is 2. The van der Waals surface area contributed by atoms with Gasteiger partial charge in [-0.2, -0.15) is 0 Å². The van der Waals surface area contributed by atoms with Gasteiger partial charge in [0.05, 0.1) is 0 Å². The van der Waals surface area contributed by atoms with Crippen LogP contribution in [0.2, 0.25) is 0 Å². The van der Waals surface area contributed by atoms with Crippen molar-refractivity contribution in [2.75, 3.05) is 0 Å². The SMILES string of the molecule is Cc1ccc(C(=O)N[C@@H](C)C(=O)NC2CCCCC2)cc1. The molecule has 4 nitrogen and oxygen atoms in total. The van der Waals surface area contributed by atoms with Crippen LogP contribution in [0.15, 0.2) is 24.3 Å². The van der Waals surface area contributed by atoms with Gasteiger partial charge in [-0.1, -0.05) is 37.0 Å². The Kier molecular flexibility index (Phi) is 5.37. The smallest absolute Gasteiger partial charge is 0.251 e. The largest absolute Gasteiger partial charge is 0.352 e. The van der Waals surface area contributed by atoms with Gasteiger partial charge in [-0.05, 0) is 38.8 Å². The van der Waals surface area contributed by atoms with Crippen molar-refractivity contribution in [1.82, 2.24) is 10.6 Å². The molecule has 0 aliphatic heterocycles. The minimum atomic E-state index is -0.513. The van der Waals surface area contributed by atoms with E-state index in [1.807, 2.05) is 19.1 Å². The highest BCUT2D eigenvalue weighted by Crippen LogP contribution is 2.17. The second kappa shape index (κ2) is 7.25. The molecule has 1 aliphatic rings. The van der Waals surface area contributed by atoms with Crippen LogP contribution in [0.1, 0.15) is 54.9 Å². The fourth-order valence-corrected chi connectivity index (χ4v) is 2.62. The second-order valence-electron chi connectivity index (χ2n) is 5.90. The summed E-state index contributed by atoms with van der Waals surface area (Å²) < 4.78 is 0. The number of hydrogen-bond acceptors (Lipinski definition) is 2. The molecule has 2 rings (SSSR count). The molecule has 0 heterocycles. The number of benzene rings is 1. The van der Waals surface area contributed by atoms with E-state index in [1.165, 1.54) is 19.3 Å². The highest BCUT2D eigenvalue weighted by atomic mass is 16.2. The zero-order valence-electron chi connectivity index (χ0n) is 12.8. The third-order valence-electron chi connectivity index (χ3n) is 4.01. The highest BCUT2D eigenvalue weighted by Gasteiger charge is 2.21. The monoisotopic (exact) mass is 288 g/mol. The van der Waals surface area contributed by atoms with Crippen LogP contribution < -0.4 is 10.6 Å². The van der Waals surface area contributed by atoms with Crippen LogP contribution in [0.4, 0.5) is 0 Å². The molecule has 2 N–H and O–H groups in total. The standard InChI is InChI=1S/C17H24N2O2/c1-12-8-10-14(11-9-12)17(21)18-13(2)16(20)19-15-6-4-3-5-7-15/h8-11,13,15H,3-7H2,1-2H3,(H,18,21)(H,19,20)/t13-/m0/s1. The van der Waals surface area contributed by atoms with E-state index in [1.54, 1.807) is 19.1 Å². The van der Waals surface area contributed by atoms with E-state index < -0.39 is 6.04 Å². The molecule has 1 fully saturated rings. The van der Waals surface area contributed by atoms with E-state index in [2.05, 4.69) is 10.6 Å². The molecule has 0 spiro atoms. The van der Waals surface area contributed by atoms with Gasteiger partial charge in [-0.25, -0.2) is 0 Å². The van der Waals surface area contributed by atoms with E-state index in [0.717, 1.165) is 18.4 Å². The Bertz CT molecular complexity index is 490. The summed E-state index contributed by atoms with van der Waals surface area (Å²) in [6.07, 6.45) is 5.70. The highest BCUT2D eigenvalue weighted by molar-refractivity contribution is 5.97. The molecule has 1 saturated carbocycles. The quantitative estimate of drug-likeness (QED) is 0.894. The fraction of sp³-hybridized carbons (Fsp3) is 0.529. The molecule has 0 bridgehead atoms. The lowest BCUT2D eigenvalue weighted by atomic mass is 9.95. The van der Waals surface area contributed by atoms with Crippen molar-refractivity contribution in [1.29, 1.82) is 0 Å². The van der Waals surface area contributed by atoms with Gasteiger partial charge in [0.2, 0.25) is 5.91 Å². The maximum atomic E-state index is 12.1. The molecule has 1 aromatic carbocycles. The lowest BCUT2D eigenvalue weighted by molar-refractivity contribution is -0.123. The molecule has 2 amide bonds. The number of nitrogens with one attached hydrogen (secondary N) is 2. The first kappa shape index (κ1) is 15.5. The van der Waals surface area contributed by atoms with Crippen molar-refractivity contribution in [2.24, 2.45) is 0 Å². The Hall–Kier alpha value is -1.84. The third kappa shape index (κ3) is 4.59. The minimum absolute atomic E-state index is 0.0950. The molecule has 0 radical (unpaired) electrons. The van der Waals surface area contributed by atoms with Gasteiger partial charge < -0.3 is 10.6 Å². The van der Waals surface area contributed by atoms with Gasteiger partial charge in [-0.15, -0.1) is 0 Å². The van der Waals surface area contributed by atoms with Crippen molar-refractivity contribution in [2.45, 2.75) is 58.0 Å². The Morgan fingerprint density at radius 1 is 1.10 bits per heavy atom. The first-order chi connectivity index (χ1) is 10.1. The Labute approximate surface area is 126 Å². The van der Waals surface area contributed by atoms with Crippen LogP contribution in [0.5, 0.6) is 0 Å². The van der Waals surface area contributed by atoms with Crippen molar-refractivity contribution < 1.29 is 9.59 Å². The topological polar surface area (TPSA) is 58.2 Å². The van der Waals surface area contributed by atoms with Crippen LogP contribution in [-0.2, 0) is 4.79 Å². The second-order valence-corrected chi connectivity index (χ2v) is 5.90. The van der Waals surface area contributed by atoms with E-state index in [0.29, 0.717) is 5.56 Å². The van der Waals surface area contributed by atoms with Gasteiger partial charge >= 0.3 is 0 Å². The molecule has 1 atom stereocenters.